The Morgan fingerprint density at radius 2 is 2.25 bits per heavy atom. The molecule has 0 saturated heterocycles. The molecule has 1 rings (SSSR count). The monoisotopic (exact) mass is 225 g/mol. The first-order valence-corrected chi connectivity index (χ1v) is 5.07. The van der Waals surface area contributed by atoms with Crippen LogP contribution in [0.3, 0.4) is 0 Å². The fraction of sp³-hybridized carbons (Fsp3) is 0.333. The van der Waals surface area contributed by atoms with Crippen LogP contribution in [0.2, 0.25) is 0 Å². The first kappa shape index (κ1) is 6.19. The molecule has 44 valence electrons. The van der Waals surface area contributed by atoms with Gasteiger partial charge in [-0.15, -0.1) is 0 Å². The van der Waals surface area contributed by atoms with E-state index in [1.54, 1.807) is 3.62 Å². The number of hydrogen-bond acceptors (Lipinski definition) is 1. The summed E-state index contributed by atoms with van der Waals surface area (Å²) in [6.45, 7) is 4.33. The fourth-order valence-corrected chi connectivity index (χ4v) is 2.13. The molecule has 0 atom stereocenters. The van der Waals surface area contributed by atoms with E-state index in [1.807, 2.05) is 6.20 Å². The molecular weight excluding hydrogens is 214 g/mol. The number of nitrogens with one attached hydrogen (secondary N) is 1. The SMILES string of the molecule is CC1=C(C)[Te]C=CN1. The average Bonchev–Trinajstić information content (AvgIpc) is 1.77. The van der Waals surface area contributed by atoms with E-state index in [1.165, 1.54) is 5.70 Å². The quantitative estimate of drug-likeness (QED) is 0.604. The van der Waals surface area contributed by atoms with Gasteiger partial charge < -0.3 is 0 Å². The molecule has 0 aromatic rings. The minimum absolute atomic E-state index is 0.0916. The topological polar surface area (TPSA) is 12.0 Å². The van der Waals surface area contributed by atoms with Gasteiger partial charge in [0.1, 0.15) is 0 Å². The van der Waals surface area contributed by atoms with E-state index in [9.17, 15) is 0 Å². The van der Waals surface area contributed by atoms with Gasteiger partial charge in [-0.1, -0.05) is 0 Å². The summed E-state index contributed by atoms with van der Waals surface area (Å²) in [5.74, 6) is 0. The van der Waals surface area contributed by atoms with E-state index in [4.69, 9.17) is 0 Å². The Kier molecular flexibility index (Phi) is 1.99. The summed E-state index contributed by atoms with van der Waals surface area (Å²) in [5.41, 5.74) is 1.36. The van der Waals surface area contributed by atoms with Crippen LogP contribution < -0.4 is 5.32 Å². The summed E-state index contributed by atoms with van der Waals surface area (Å²) in [6.07, 6.45) is 2.05. The summed E-state index contributed by atoms with van der Waals surface area (Å²) in [4.78, 5) is 0. The average molecular weight is 223 g/mol. The van der Waals surface area contributed by atoms with Crippen LogP contribution in [-0.4, -0.2) is 20.9 Å². The molecule has 0 radical (unpaired) electrons. The first-order valence-electron chi connectivity index (χ1n) is 2.56. The summed E-state index contributed by atoms with van der Waals surface area (Å²) >= 11 is 0.0916. The van der Waals surface area contributed by atoms with Crippen molar-refractivity contribution in [3.05, 3.63) is 19.6 Å². The normalized spacial score (nSPS) is 18.8. The van der Waals surface area contributed by atoms with Crippen molar-refractivity contribution >= 4 is 20.9 Å². The second-order valence-electron chi connectivity index (χ2n) is 1.75. The third-order valence-electron chi connectivity index (χ3n) is 1.14. The second kappa shape index (κ2) is 2.57. The van der Waals surface area contributed by atoms with Gasteiger partial charge in [0.25, 0.3) is 0 Å². The number of rotatable bonds is 0. The van der Waals surface area contributed by atoms with Crippen molar-refractivity contribution < 1.29 is 0 Å². The Hall–Kier alpha value is 0.0696. The summed E-state index contributed by atoms with van der Waals surface area (Å²) in [7, 11) is 0. The Morgan fingerprint density at radius 1 is 1.50 bits per heavy atom. The fourth-order valence-electron chi connectivity index (χ4n) is 0.485. The molecule has 1 N–H and O–H groups in total. The van der Waals surface area contributed by atoms with Crippen molar-refractivity contribution in [3.8, 4) is 0 Å². The zero-order valence-corrected chi connectivity index (χ0v) is 7.39. The predicted octanol–water partition coefficient (Wildman–Crippen LogP) is 1.02. The molecule has 0 unspecified atom stereocenters. The second-order valence-corrected chi connectivity index (χ2v) is 4.94. The molecule has 0 aromatic carbocycles. The molecule has 0 bridgehead atoms. The molecule has 2 heteroatoms. The summed E-state index contributed by atoms with van der Waals surface area (Å²) < 4.78 is 3.82. The van der Waals surface area contributed by atoms with Crippen molar-refractivity contribution in [1.29, 1.82) is 0 Å². The van der Waals surface area contributed by atoms with Crippen molar-refractivity contribution in [2.45, 2.75) is 13.8 Å². The molecular formula is C6H9NTe. The van der Waals surface area contributed by atoms with Gasteiger partial charge in [-0.2, -0.15) is 0 Å². The van der Waals surface area contributed by atoms with Crippen LogP contribution in [0.1, 0.15) is 13.8 Å². The maximum absolute atomic E-state index is 3.16. The molecule has 0 fully saturated rings. The van der Waals surface area contributed by atoms with Crippen LogP contribution in [0.5, 0.6) is 0 Å². The number of allylic oxidation sites excluding steroid dienone is 2. The van der Waals surface area contributed by atoms with E-state index in [-0.39, 0.29) is 20.9 Å². The third-order valence-corrected chi connectivity index (χ3v) is 3.80. The van der Waals surface area contributed by atoms with E-state index in [0.717, 1.165) is 0 Å². The Morgan fingerprint density at radius 3 is 2.62 bits per heavy atom. The maximum atomic E-state index is 3.16. The molecule has 0 aliphatic carbocycles. The van der Waals surface area contributed by atoms with E-state index in [2.05, 4.69) is 23.3 Å². The van der Waals surface area contributed by atoms with Crippen LogP contribution in [0.25, 0.3) is 0 Å². The van der Waals surface area contributed by atoms with Crippen molar-refractivity contribution in [2.75, 3.05) is 0 Å². The van der Waals surface area contributed by atoms with Gasteiger partial charge in [0.15, 0.2) is 0 Å². The van der Waals surface area contributed by atoms with Gasteiger partial charge in [-0.05, 0) is 0 Å². The van der Waals surface area contributed by atoms with Gasteiger partial charge in [0.2, 0.25) is 0 Å². The molecule has 1 aliphatic rings. The van der Waals surface area contributed by atoms with Crippen LogP contribution in [0, 0.1) is 0 Å². The molecule has 0 aromatic heterocycles. The van der Waals surface area contributed by atoms with Gasteiger partial charge in [0, 0.05) is 0 Å². The van der Waals surface area contributed by atoms with Crippen molar-refractivity contribution in [1.82, 2.24) is 5.32 Å². The number of hydrogen-bond donors (Lipinski definition) is 1. The van der Waals surface area contributed by atoms with Crippen LogP contribution in [0.15, 0.2) is 19.6 Å². The molecule has 1 nitrogen and oxygen atoms in total. The summed E-state index contributed by atoms with van der Waals surface area (Å²) in [6, 6.07) is 0. The Labute approximate surface area is 59.9 Å². The first-order chi connectivity index (χ1) is 3.80. The van der Waals surface area contributed by atoms with Crippen LogP contribution >= 0.6 is 0 Å². The molecule has 0 spiro atoms. The Bertz CT molecular complexity index is 131. The van der Waals surface area contributed by atoms with Gasteiger partial charge in [-0.3, -0.25) is 0 Å². The molecule has 0 amide bonds. The zero-order chi connectivity index (χ0) is 5.98. The molecule has 1 aliphatic heterocycles. The third kappa shape index (κ3) is 1.27. The van der Waals surface area contributed by atoms with Crippen molar-refractivity contribution in [2.24, 2.45) is 0 Å². The van der Waals surface area contributed by atoms with E-state index in [0.29, 0.717) is 0 Å². The van der Waals surface area contributed by atoms with Gasteiger partial charge in [0.05, 0.1) is 0 Å². The predicted molar refractivity (Wildman–Crippen MR) is 36.4 cm³/mol. The van der Waals surface area contributed by atoms with Crippen LogP contribution in [0.4, 0.5) is 0 Å². The minimum atomic E-state index is 0.0916. The van der Waals surface area contributed by atoms with E-state index < -0.39 is 0 Å². The molecule has 0 saturated carbocycles. The molecule has 8 heavy (non-hydrogen) atoms. The molecule has 1 heterocycles. The van der Waals surface area contributed by atoms with Crippen LogP contribution in [-0.2, 0) is 0 Å². The van der Waals surface area contributed by atoms with Gasteiger partial charge in [-0.25, -0.2) is 0 Å². The van der Waals surface area contributed by atoms with Gasteiger partial charge >= 0.3 is 59.7 Å². The van der Waals surface area contributed by atoms with E-state index >= 15 is 0 Å². The van der Waals surface area contributed by atoms with Crippen molar-refractivity contribution in [3.63, 3.8) is 0 Å². The standard InChI is InChI=1S/C6H9NTe/c1-5-6(2)8-4-3-7-5/h3-4,7H,1-2H3. The Balaban J connectivity index is 2.67. The zero-order valence-electron chi connectivity index (χ0n) is 5.06. The summed E-state index contributed by atoms with van der Waals surface area (Å²) in [5, 5.41) is 3.16.